The van der Waals surface area contributed by atoms with E-state index < -0.39 is 6.08 Å². The Hall–Kier alpha value is -0.480. The van der Waals surface area contributed by atoms with Gasteiger partial charge in [0.2, 0.25) is 0 Å². The average molecular weight is 233 g/mol. The molecule has 16 heavy (non-hydrogen) atoms. The van der Waals surface area contributed by atoms with Crippen LogP contribution in [-0.4, -0.2) is 36.7 Å². The van der Waals surface area contributed by atoms with Gasteiger partial charge in [0, 0.05) is 24.2 Å². The fourth-order valence-electron chi connectivity index (χ4n) is 2.04. The van der Waals surface area contributed by atoms with Crippen LogP contribution in [0.3, 0.4) is 0 Å². The Morgan fingerprint density at radius 1 is 1.31 bits per heavy atom. The van der Waals surface area contributed by atoms with E-state index in [9.17, 15) is 8.78 Å². The fourth-order valence-corrected chi connectivity index (χ4v) is 2.04. The van der Waals surface area contributed by atoms with Gasteiger partial charge in [0.05, 0.1) is 13.2 Å². The van der Waals surface area contributed by atoms with E-state index in [0.29, 0.717) is 19.1 Å². The molecule has 1 unspecified atom stereocenters. The first-order valence-corrected chi connectivity index (χ1v) is 5.80. The lowest BCUT2D eigenvalue weighted by molar-refractivity contribution is 0.0631. The zero-order valence-electron chi connectivity index (χ0n) is 10.5. The zero-order valence-corrected chi connectivity index (χ0v) is 10.5. The van der Waals surface area contributed by atoms with Crippen molar-refractivity contribution in [2.24, 2.45) is 5.92 Å². The van der Waals surface area contributed by atoms with E-state index in [4.69, 9.17) is 4.74 Å². The summed E-state index contributed by atoms with van der Waals surface area (Å²) in [6.07, 6.45) is -1.59. The van der Waals surface area contributed by atoms with Gasteiger partial charge < -0.3 is 4.74 Å². The molecule has 0 saturated carbocycles. The van der Waals surface area contributed by atoms with Crippen molar-refractivity contribution in [2.75, 3.05) is 19.8 Å². The van der Waals surface area contributed by atoms with Crippen molar-refractivity contribution in [2.45, 2.75) is 39.8 Å². The molecule has 2 nitrogen and oxygen atoms in total. The molecule has 0 amide bonds. The van der Waals surface area contributed by atoms with Crippen LogP contribution in [-0.2, 0) is 4.74 Å². The third kappa shape index (κ3) is 3.25. The van der Waals surface area contributed by atoms with E-state index in [1.807, 2.05) is 13.8 Å². The molecule has 1 atom stereocenters. The Balaban J connectivity index is 2.88. The van der Waals surface area contributed by atoms with Crippen molar-refractivity contribution in [1.29, 1.82) is 0 Å². The van der Waals surface area contributed by atoms with Gasteiger partial charge in [-0.3, -0.25) is 4.90 Å². The normalized spacial score (nSPS) is 24.0. The molecule has 0 N–H and O–H groups in total. The van der Waals surface area contributed by atoms with Gasteiger partial charge in [0.15, 0.2) is 0 Å². The van der Waals surface area contributed by atoms with Crippen molar-refractivity contribution in [3.05, 3.63) is 11.7 Å². The molecule has 4 heteroatoms. The van der Waals surface area contributed by atoms with Crippen LogP contribution >= 0.6 is 0 Å². The second kappa shape index (κ2) is 5.73. The molecule has 0 aliphatic carbocycles. The summed E-state index contributed by atoms with van der Waals surface area (Å²) in [6.45, 7) is 9.20. The molecular formula is C12H21F2NO. The van der Waals surface area contributed by atoms with E-state index in [1.165, 1.54) is 0 Å². The van der Waals surface area contributed by atoms with Crippen LogP contribution in [0, 0.1) is 5.92 Å². The zero-order chi connectivity index (χ0) is 12.3. The van der Waals surface area contributed by atoms with Gasteiger partial charge in [0.25, 0.3) is 6.08 Å². The molecular weight excluding hydrogens is 212 g/mol. The maximum atomic E-state index is 12.6. The van der Waals surface area contributed by atoms with Crippen LogP contribution < -0.4 is 0 Å². The van der Waals surface area contributed by atoms with Gasteiger partial charge in [-0.2, -0.15) is 8.78 Å². The number of nitrogens with zero attached hydrogens (tertiary/aromatic N) is 1. The van der Waals surface area contributed by atoms with Crippen molar-refractivity contribution < 1.29 is 13.5 Å². The lowest BCUT2D eigenvalue weighted by Gasteiger charge is -2.35. The quantitative estimate of drug-likeness (QED) is 0.727. The molecule has 0 aromatic heterocycles. The number of rotatable bonds is 2. The number of ether oxygens (including phenoxy) is 1. The molecule has 1 heterocycles. The Labute approximate surface area is 96.3 Å². The second-order valence-electron chi connectivity index (χ2n) is 4.96. The van der Waals surface area contributed by atoms with E-state index >= 15 is 0 Å². The summed E-state index contributed by atoms with van der Waals surface area (Å²) >= 11 is 0. The Morgan fingerprint density at radius 3 is 2.38 bits per heavy atom. The van der Waals surface area contributed by atoms with Crippen LogP contribution in [0.5, 0.6) is 0 Å². The number of halogens is 2. The van der Waals surface area contributed by atoms with Gasteiger partial charge in [-0.25, -0.2) is 0 Å². The molecule has 0 radical (unpaired) electrons. The molecule has 0 spiro atoms. The summed E-state index contributed by atoms with van der Waals surface area (Å²) < 4.78 is 30.6. The van der Waals surface area contributed by atoms with Gasteiger partial charge in [0.1, 0.15) is 0 Å². The fraction of sp³-hybridized carbons (Fsp3) is 0.833. The Bertz CT molecular complexity index is 260. The van der Waals surface area contributed by atoms with E-state index in [1.54, 1.807) is 0 Å². The first-order chi connectivity index (χ1) is 7.43. The van der Waals surface area contributed by atoms with Gasteiger partial charge in [-0.15, -0.1) is 0 Å². The maximum absolute atomic E-state index is 12.6. The first-order valence-electron chi connectivity index (χ1n) is 5.80. The average Bonchev–Trinajstić information content (AvgIpc) is 2.38. The van der Waals surface area contributed by atoms with Crippen LogP contribution in [0.15, 0.2) is 11.7 Å². The molecule has 0 bridgehead atoms. The monoisotopic (exact) mass is 233 g/mol. The Morgan fingerprint density at radius 2 is 1.94 bits per heavy atom. The van der Waals surface area contributed by atoms with Crippen molar-refractivity contribution >= 4 is 0 Å². The molecule has 0 aromatic carbocycles. The second-order valence-corrected chi connectivity index (χ2v) is 4.96. The van der Waals surface area contributed by atoms with E-state index in [0.717, 1.165) is 0 Å². The highest BCUT2D eigenvalue weighted by Crippen LogP contribution is 2.22. The summed E-state index contributed by atoms with van der Waals surface area (Å²) in [7, 11) is 0. The molecule has 1 aliphatic heterocycles. The number of hydrogen-bond donors (Lipinski definition) is 0. The third-order valence-electron chi connectivity index (χ3n) is 3.06. The van der Waals surface area contributed by atoms with Crippen molar-refractivity contribution in [1.82, 2.24) is 4.90 Å². The highest BCUT2D eigenvalue weighted by Gasteiger charge is 2.29. The van der Waals surface area contributed by atoms with Gasteiger partial charge in [-0.05, 0) is 19.8 Å². The minimum absolute atomic E-state index is 0.0643. The smallest absolute Gasteiger partial charge is 0.273 e. The molecule has 1 rings (SSSR count). The molecule has 1 aliphatic rings. The van der Waals surface area contributed by atoms with E-state index in [2.05, 4.69) is 18.7 Å². The summed E-state index contributed by atoms with van der Waals surface area (Å²) in [5.74, 6) is 0.407. The molecule has 0 aromatic rings. The SMILES string of the molecule is CC(C)C1COCC(=C(F)F)CN1C(C)C. The maximum Gasteiger partial charge on any atom is 0.273 e. The minimum Gasteiger partial charge on any atom is -0.375 e. The standard InChI is InChI=1S/C12H21F2NO/c1-8(2)11-7-16-6-10(12(13)14)5-15(11)9(3)4/h8-9,11H,5-7H2,1-4H3. The first kappa shape index (κ1) is 13.6. The minimum atomic E-state index is -1.59. The van der Waals surface area contributed by atoms with Crippen LogP contribution in [0.25, 0.3) is 0 Å². The van der Waals surface area contributed by atoms with Gasteiger partial charge >= 0.3 is 0 Å². The topological polar surface area (TPSA) is 12.5 Å². The largest absolute Gasteiger partial charge is 0.375 e. The van der Waals surface area contributed by atoms with E-state index in [-0.39, 0.29) is 24.3 Å². The highest BCUT2D eigenvalue weighted by molar-refractivity contribution is 5.08. The lowest BCUT2D eigenvalue weighted by Crippen LogP contribution is -2.45. The summed E-state index contributed by atoms with van der Waals surface area (Å²) in [6, 6.07) is 0.472. The van der Waals surface area contributed by atoms with Crippen LogP contribution in [0.1, 0.15) is 27.7 Å². The van der Waals surface area contributed by atoms with Crippen molar-refractivity contribution in [3.63, 3.8) is 0 Å². The molecule has 94 valence electrons. The van der Waals surface area contributed by atoms with Crippen LogP contribution in [0.4, 0.5) is 8.78 Å². The summed E-state index contributed by atoms with van der Waals surface area (Å²) in [5.41, 5.74) is 0.122. The highest BCUT2D eigenvalue weighted by atomic mass is 19.3. The Kier molecular flexibility index (Phi) is 4.87. The predicted octanol–water partition coefficient (Wildman–Crippen LogP) is 2.90. The number of hydrogen-bond acceptors (Lipinski definition) is 2. The third-order valence-corrected chi connectivity index (χ3v) is 3.06. The lowest BCUT2D eigenvalue weighted by atomic mass is 10.0. The summed E-state index contributed by atoms with van der Waals surface area (Å²) in [4.78, 5) is 2.10. The van der Waals surface area contributed by atoms with Gasteiger partial charge in [-0.1, -0.05) is 13.8 Å². The molecule has 1 saturated heterocycles. The predicted molar refractivity (Wildman–Crippen MR) is 60.5 cm³/mol. The van der Waals surface area contributed by atoms with Crippen molar-refractivity contribution in [3.8, 4) is 0 Å². The van der Waals surface area contributed by atoms with Crippen LogP contribution in [0.2, 0.25) is 0 Å². The molecule has 1 fully saturated rings. The summed E-state index contributed by atoms with van der Waals surface area (Å²) in [5, 5.41) is 0.